The third-order valence-corrected chi connectivity index (χ3v) is 7.36. The van der Waals surface area contributed by atoms with Crippen molar-refractivity contribution in [3.63, 3.8) is 0 Å². The van der Waals surface area contributed by atoms with Gasteiger partial charge in [-0.2, -0.15) is 0 Å². The molecule has 0 spiro atoms. The fourth-order valence-electron chi connectivity index (χ4n) is 5.50. The number of aryl methyl sites for hydroxylation is 1. The first-order chi connectivity index (χ1) is 17.8. The van der Waals surface area contributed by atoms with Crippen molar-refractivity contribution in [3.8, 4) is 16.9 Å². The van der Waals surface area contributed by atoms with Crippen LogP contribution in [0.25, 0.3) is 27.8 Å². The first-order valence-electron chi connectivity index (χ1n) is 13.0. The first-order valence-corrected chi connectivity index (χ1v) is 13.0. The van der Waals surface area contributed by atoms with Crippen molar-refractivity contribution in [2.24, 2.45) is 0 Å². The van der Waals surface area contributed by atoms with Crippen LogP contribution in [0.2, 0.25) is 0 Å². The minimum absolute atomic E-state index is 0.0315. The summed E-state index contributed by atoms with van der Waals surface area (Å²) in [5, 5.41) is 4.31. The van der Waals surface area contributed by atoms with Crippen molar-refractivity contribution >= 4 is 16.8 Å². The number of para-hydroxylation sites is 1. The molecule has 180 valence electrons. The van der Waals surface area contributed by atoms with Gasteiger partial charge in [0.15, 0.2) is 0 Å². The average molecular weight is 474 g/mol. The Kier molecular flexibility index (Phi) is 6.17. The van der Waals surface area contributed by atoms with E-state index in [0.717, 1.165) is 30.5 Å². The van der Waals surface area contributed by atoms with Gasteiger partial charge in [0.2, 0.25) is 0 Å². The van der Waals surface area contributed by atoms with Gasteiger partial charge in [-0.3, -0.25) is 4.79 Å². The van der Waals surface area contributed by atoms with Gasteiger partial charge in [-0.1, -0.05) is 55.0 Å². The monoisotopic (exact) mass is 473 g/mol. The molecule has 0 atom stereocenters. The molecule has 4 nitrogen and oxygen atoms in total. The maximum atomic E-state index is 12.9. The Balaban J connectivity index is 1.21. The number of carbonyl (C=O) groups is 1. The summed E-state index contributed by atoms with van der Waals surface area (Å²) in [7, 11) is 0. The summed E-state index contributed by atoms with van der Waals surface area (Å²) in [5.74, 6) is -0.0315. The summed E-state index contributed by atoms with van der Waals surface area (Å²) < 4.78 is 2.41. The van der Waals surface area contributed by atoms with Crippen LogP contribution in [0.15, 0.2) is 91.1 Å². The van der Waals surface area contributed by atoms with Crippen molar-refractivity contribution in [1.82, 2.24) is 14.9 Å². The molecule has 3 aromatic carbocycles. The van der Waals surface area contributed by atoms with Crippen molar-refractivity contribution in [2.45, 2.75) is 38.5 Å². The smallest absolute Gasteiger partial charge is 0.251 e. The van der Waals surface area contributed by atoms with E-state index in [-0.39, 0.29) is 5.91 Å². The predicted molar refractivity (Wildman–Crippen MR) is 147 cm³/mol. The SMILES string of the molecule is O=C(NCCc1c[nH]c2ccccc12)c1ccc(-n2c(-c3ccccc3)cc3c2CCCCC3)cc1. The Labute approximate surface area is 212 Å². The molecule has 2 heterocycles. The van der Waals surface area contributed by atoms with Gasteiger partial charge < -0.3 is 14.9 Å². The zero-order chi connectivity index (χ0) is 24.3. The Morgan fingerprint density at radius 2 is 1.64 bits per heavy atom. The molecule has 0 saturated heterocycles. The number of hydrogen-bond donors (Lipinski definition) is 2. The highest BCUT2D eigenvalue weighted by Gasteiger charge is 2.19. The Bertz CT molecular complexity index is 1490. The molecule has 0 radical (unpaired) electrons. The largest absolute Gasteiger partial charge is 0.361 e. The number of fused-ring (bicyclic) bond motifs is 2. The number of benzene rings is 3. The summed E-state index contributed by atoms with van der Waals surface area (Å²) in [6.45, 7) is 0.603. The molecule has 5 aromatic rings. The maximum absolute atomic E-state index is 12.9. The molecule has 0 bridgehead atoms. The summed E-state index contributed by atoms with van der Waals surface area (Å²) >= 11 is 0. The predicted octanol–water partition coefficient (Wildman–Crippen LogP) is 6.87. The number of carbonyl (C=O) groups excluding carboxylic acids is 1. The average Bonchev–Trinajstić information content (AvgIpc) is 3.42. The van der Waals surface area contributed by atoms with Gasteiger partial charge in [0.05, 0.1) is 5.69 Å². The number of nitrogens with one attached hydrogen (secondary N) is 2. The Morgan fingerprint density at radius 3 is 2.50 bits per heavy atom. The summed E-state index contributed by atoms with van der Waals surface area (Å²) in [6, 6.07) is 29.4. The minimum Gasteiger partial charge on any atom is -0.361 e. The van der Waals surface area contributed by atoms with Crippen LogP contribution >= 0.6 is 0 Å². The standard InChI is InChI=1S/C32H31N3O/c36-32(33-20-19-26-22-34-29-13-8-7-12-28(26)29)24-15-17-27(18-16-24)35-30-14-6-2-5-11-25(30)21-31(35)23-9-3-1-4-10-23/h1,3-4,7-10,12-13,15-18,21-22,34H,2,5-6,11,14,19-20H2,(H,33,36). The van der Waals surface area contributed by atoms with Gasteiger partial charge in [0.1, 0.15) is 0 Å². The Hall–Kier alpha value is -4.05. The summed E-state index contributed by atoms with van der Waals surface area (Å²) in [5.41, 5.74) is 9.51. The van der Waals surface area contributed by atoms with E-state index in [0.29, 0.717) is 12.1 Å². The lowest BCUT2D eigenvalue weighted by Gasteiger charge is -2.15. The van der Waals surface area contributed by atoms with Crippen LogP contribution in [0, 0.1) is 0 Å². The van der Waals surface area contributed by atoms with Gasteiger partial charge in [0, 0.05) is 40.6 Å². The molecule has 0 fully saturated rings. The van der Waals surface area contributed by atoms with E-state index in [9.17, 15) is 4.79 Å². The number of amides is 1. The van der Waals surface area contributed by atoms with E-state index in [1.165, 1.54) is 52.7 Å². The van der Waals surface area contributed by atoms with Crippen LogP contribution in [-0.2, 0) is 19.3 Å². The number of H-pyrrole nitrogens is 1. The highest BCUT2D eigenvalue weighted by Crippen LogP contribution is 2.33. The molecule has 4 heteroatoms. The highest BCUT2D eigenvalue weighted by molar-refractivity contribution is 5.94. The fraction of sp³-hybridized carbons (Fsp3) is 0.219. The topological polar surface area (TPSA) is 49.8 Å². The van der Waals surface area contributed by atoms with E-state index in [1.54, 1.807) is 0 Å². The maximum Gasteiger partial charge on any atom is 0.251 e. The molecular weight excluding hydrogens is 442 g/mol. The molecular formula is C32H31N3O. The molecule has 1 amide bonds. The molecule has 6 rings (SSSR count). The second-order valence-electron chi connectivity index (χ2n) is 9.68. The molecule has 1 aliphatic rings. The van der Waals surface area contributed by atoms with Crippen LogP contribution in [0.3, 0.4) is 0 Å². The third-order valence-electron chi connectivity index (χ3n) is 7.36. The molecule has 36 heavy (non-hydrogen) atoms. The number of rotatable bonds is 6. The third kappa shape index (κ3) is 4.35. The van der Waals surface area contributed by atoms with E-state index < -0.39 is 0 Å². The quantitative estimate of drug-likeness (QED) is 0.260. The van der Waals surface area contributed by atoms with Crippen LogP contribution < -0.4 is 5.32 Å². The van der Waals surface area contributed by atoms with Gasteiger partial charge >= 0.3 is 0 Å². The van der Waals surface area contributed by atoms with Crippen LogP contribution in [0.5, 0.6) is 0 Å². The van der Waals surface area contributed by atoms with Crippen LogP contribution in [-0.4, -0.2) is 22.0 Å². The second-order valence-corrected chi connectivity index (χ2v) is 9.68. The van der Waals surface area contributed by atoms with Gasteiger partial charge in [-0.05, 0) is 85.2 Å². The molecule has 0 saturated carbocycles. The zero-order valence-corrected chi connectivity index (χ0v) is 20.5. The van der Waals surface area contributed by atoms with E-state index in [4.69, 9.17) is 0 Å². The Morgan fingerprint density at radius 1 is 0.861 bits per heavy atom. The summed E-state index contributed by atoms with van der Waals surface area (Å²) in [4.78, 5) is 16.2. The van der Waals surface area contributed by atoms with Crippen molar-refractivity contribution in [1.29, 1.82) is 0 Å². The molecule has 2 N–H and O–H groups in total. The fourth-order valence-corrected chi connectivity index (χ4v) is 5.50. The van der Waals surface area contributed by atoms with Gasteiger partial charge in [0.25, 0.3) is 5.91 Å². The van der Waals surface area contributed by atoms with E-state index in [2.05, 4.69) is 75.5 Å². The first kappa shape index (κ1) is 22.4. The lowest BCUT2D eigenvalue weighted by atomic mass is 10.1. The molecule has 2 aromatic heterocycles. The molecule has 1 aliphatic carbocycles. The van der Waals surface area contributed by atoms with E-state index in [1.807, 2.05) is 30.5 Å². The summed E-state index contributed by atoms with van der Waals surface area (Å²) in [6.07, 6.45) is 8.83. The normalized spacial score (nSPS) is 13.3. The van der Waals surface area contributed by atoms with Crippen LogP contribution in [0.1, 0.15) is 46.4 Å². The van der Waals surface area contributed by atoms with Crippen LogP contribution in [0.4, 0.5) is 0 Å². The van der Waals surface area contributed by atoms with Gasteiger partial charge in [-0.15, -0.1) is 0 Å². The van der Waals surface area contributed by atoms with Gasteiger partial charge in [-0.25, -0.2) is 0 Å². The number of nitrogens with zero attached hydrogens (tertiary/aromatic N) is 1. The van der Waals surface area contributed by atoms with Crippen molar-refractivity contribution in [3.05, 3.63) is 114 Å². The van der Waals surface area contributed by atoms with E-state index >= 15 is 0 Å². The second kappa shape index (κ2) is 9.90. The number of aromatic nitrogens is 2. The lowest BCUT2D eigenvalue weighted by molar-refractivity contribution is 0.0954. The number of aromatic amines is 1. The highest BCUT2D eigenvalue weighted by atomic mass is 16.1. The molecule has 0 aliphatic heterocycles. The van der Waals surface area contributed by atoms with Crippen molar-refractivity contribution in [2.75, 3.05) is 6.54 Å². The lowest BCUT2D eigenvalue weighted by Crippen LogP contribution is -2.25. The van der Waals surface area contributed by atoms with Crippen molar-refractivity contribution < 1.29 is 4.79 Å². The zero-order valence-electron chi connectivity index (χ0n) is 20.5. The minimum atomic E-state index is -0.0315. The molecule has 0 unspecified atom stereocenters. The number of hydrogen-bond acceptors (Lipinski definition) is 1.